The quantitative estimate of drug-likeness (QED) is 0.903. The number of anilines is 1. The van der Waals surface area contributed by atoms with Crippen LogP contribution in [-0.4, -0.2) is 21.9 Å². The maximum atomic E-state index is 13.2. The van der Waals surface area contributed by atoms with Crippen LogP contribution in [-0.2, 0) is 0 Å². The Morgan fingerprint density at radius 3 is 2.70 bits per heavy atom. The first-order chi connectivity index (χ1) is 9.55. The lowest BCUT2D eigenvalue weighted by molar-refractivity contribution is -0.0361. The minimum atomic E-state index is -2.50. The molecule has 106 valence electrons. The summed E-state index contributed by atoms with van der Waals surface area (Å²) in [5.41, 5.74) is 1.99. The average Bonchev–Trinajstić information content (AvgIpc) is 2.42. The molecule has 1 fully saturated rings. The number of rotatable bonds is 2. The lowest BCUT2D eigenvalue weighted by Gasteiger charge is -2.29. The van der Waals surface area contributed by atoms with Gasteiger partial charge >= 0.3 is 0 Å². The number of fused-ring (bicyclic) bond motifs is 1. The van der Waals surface area contributed by atoms with E-state index in [4.69, 9.17) is 0 Å². The fourth-order valence-corrected chi connectivity index (χ4v) is 2.73. The summed E-state index contributed by atoms with van der Waals surface area (Å²) >= 11 is 0. The van der Waals surface area contributed by atoms with Crippen LogP contribution in [0.2, 0.25) is 0 Å². The molecule has 0 unspecified atom stereocenters. The third-order valence-corrected chi connectivity index (χ3v) is 3.92. The molecule has 0 aliphatic heterocycles. The summed E-state index contributed by atoms with van der Waals surface area (Å²) in [6, 6.07) is 5.98. The number of alkyl halides is 2. The largest absolute Gasteiger partial charge is 0.367 e. The maximum Gasteiger partial charge on any atom is 0.248 e. The summed E-state index contributed by atoms with van der Waals surface area (Å²) in [7, 11) is 0. The number of benzene rings is 1. The van der Waals surface area contributed by atoms with Crippen molar-refractivity contribution in [3.05, 3.63) is 30.1 Å². The van der Waals surface area contributed by atoms with Gasteiger partial charge in [0.05, 0.1) is 5.52 Å². The van der Waals surface area contributed by atoms with Gasteiger partial charge in [0.1, 0.15) is 12.1 Å². The highest BCUT2D eigenvalue weighted by Crippen LogP contribution is 2.34. The van der Waals surface area contributed by atoms with Crippen LogP contribution in [0.5, 0.6) is 0 Å². The van der Waals surface area contributed by atoms with Gasteiger partial charge in [-0.05, 0) is 31.4 Å². The Kier molecular flexibility index (Phi) is 3.28. The van der Waals surface area contributed by atoms with E-state index in [-0.39, 0.29) is 18.9 Å². The van der Waals surface area contributed by atoms with Crippen LogP contribution in [0.3, 0.4) is 0 Å². The summed E-state index contributed by atoms with van der Waals surface area (Å²) in [5, 5.41) is 4.25. The van der Waals surface area contributed by atoms with Crippen molar-refractivity contribution < 1.29 is 8.78 Å². The number of halogens is 2. The van der Waals surface area contributed by atoms with E-state index >= 15 is 0 Å². The molecule has 1 aromatic heterocycles. The highest BCUT2D eigenvalue weighted by atomic mass is 19.3. The topological polar surface area (TPSA) is 37.8 Å². The van der Waals surface area contributed by atoms with Gasteiger partial charge in [-0.3, -0.25) is 0 Å². The second kappa shape index (κ2) is 4.96. The number of nitrogens with zero attached hydrogens (tertiary/aromatic N) is 2. The normalized spacial score (nSPS) is 19.1. The van der Waals surface area contributed by atoms with E-state index in [2.05, 4.69) is 15.3 Å². The van der Waals surface area contributed by atoms with Gasteiger partial charge in [-0.1, -0.05) is 12.1 Å². The molecule has 1 aliphatic rings. The van der Waals surface area contributed by atoms with Crippen LogP contribution >= 0.6 is 0 Å². The molecule has 0 atom stereocenters. The fourth-order valence-electron chi connectivity index (χ4n) is 2.73. The first-order valence-corrected chi connectivity index (χ1v) is 6.90. The molecule has 3 rings (SSSR count). The number of para-hydroxylation sites is 1. The van der Waals surface area contributed by atoms with Gasteiger partial charge in [-0.25, -0.2) is 18.7 Å². The van der Waals surface area contributed by atoms with Gasteiger partial charge in [0, 0.05) is 24.3 Å². The highest BCUT2D eigenvalue weighted by molar-refractivity contribution is 5.90. The van der Waals surface area contributed by atoms with Crippen LogP contribution in [0.4, 0.5) is 14.6 Å². The molecule has 1 heterocycles. The van der Waals surface area contributed by atoms with E-state index in [0.717, 1.165) is 22.3 Å². The predicted octanol–water partition coefficient (Wildman–Crippen LogP) is 3.93. The van der Waals surface area contributed by atoms with E-state index < -0.39 is 5.92 Å². The second-order valence-electron chi connectivity index (χ2n) is 5.47. The van der Waals surface area contributed by atoms with Gasteiger partial charge in [-0.15, -0.1) is 0 Å². The first kappa shape index (κ1) is 13.2. The number of aromatic nitrogens is 2. The lowest BCUT2D eigenvalue weighted by Crippen LogP contribution is -2.32. The maximum absolute atomic E-state index is 13.2. The molecular formula is C15H17F2N3. The van der Waals surface area contributed by atoms with Crippen LogP contribution in [0.25, 0.3) is 10.9 Å². The van der Waals surface area contributed by atoms with Gasteiger partial charge in [0.2, 0.25) is 5.92 Å². The van der Waals surface area contributed by atoms with Crippen LogP contribution in [0, 0.1) is 6.92 Å². The third-order valence-electron chi connectivity index (χ3n) is 3.92. The van der Waals surface area contributed by atoms with Crippen molar-refractivity contribution in [3.8, 4) is 0 Å². The van der Waals surface area contributed by atoms with Crippen molar-refractivity contribution in [2.24, 2.45) is 0 Å². The molecule has 0 spiro atoms. The standard InChI is InChI=1S/C15H17F2N3/c1-10-3-2-4-12-13(10)18-9-19-14(12)20-11-5-7-15(16,17)8-6-11/h2-4,9,11H,5-8H2,1H3,(H,18,19,20). The molecule has 1 aliphatic carbocycles. The zero-order valence-electron chi connectivity index (χ0n) is 11.4. The van der Waals surface area contributed by atoms with Crippen molar-refractivity contribution in [2.75, 3.05) is 5.32 Å². The molecule has 1 N–H and O–H groups in total. The molecular weight excluding hydrogens is 260 g/mol. The molecule has 3 nitrogen and oxygen atoms in total. The van der Waals surface area contributed by atoms with E-state index in [0.29, 0.717) is 12.8 Å². The number of nitrogens with one attached hydrogen (secondary N) is 1. The SMILES string of the molecule is Cc1cccc2c(NC3CCC(F)(F)CC3)ncnc12. The van der Waals surface area contributed by atoms with Gasteiger partial charge in [0.25, 0.3) is 0 Å². The van der Waals surface area contributed by atoms with Crippen molar-refractivity contribution in [1.82, 2.24) is 9.97 Å². The zero-order chi connectivity index (χ0) is 14.2. The number of aryl methyl sites for hydroxylation is 1. The minimum absolute atomic E-state index is 0.0489. The van der Waals surface area contributed by atoms with Gasteiger partial charge in [0.15, 0.2) is 0 Å². The van der Waals surface area contributed by atoms with Crippen molar-refractivity contribution in [3.63, 3.8) is 0 Å². The van der Waals surface area contributed by atoms with Crippen LogP contribution in [0.15, 0.2) is 24.5 Å². The molecule has 0 saturated heterocycles. The van der Waals surface area contributed by atoms with Crippen LogP contribution < -0.4 is 5.32 Å². The summed E-state index contributed by atoms with van der Waals surface area (Å²) in [4.78, 5) is 8.56. The Labute approximate surface area is 116 Å². The Morgan fingerprint density at radius 2 is 1.95 bits per heavy atom. The van der Waals surface area contributed by atoms with Crippen molar-refractivity contribution in [2.45, 2.75) is 44.6 Å². The second-order valence-corrected chi connectivity index (χ2v) is 5.47. The van der Waals surface area contributed by atoms with Gasteiger partial charge in [-0.2, -0.15) is 0 Å². The van der Waals surface area contributed by atoms with Gasteiger partial charge < -0.3 is 5.32 Å². The highest BCUT2D eigenvalue weighted by Gasteiger charge is 2.35. The molecule has 0 bridgehead atoms. The van der Waals surface area contributed by atoms with E-state index in [1.54, 1.807) is 0 Å². The molecule has 20 heavy (non-hydrogen) atoms. The summed E-state index contributed by atoms with van der Waals surface area (Å²) in [6.07, 6.45) is 2.38. The fraction of sp³-hybridized carbons (Fsp3) is 0.467. The minimum Gasteiger partial charge on any atom is -0.367 e. The Morgan fingerprint density at radius 1 is 1.20 bits per heavy atom. The van der Waals surface area contributed by atoms with Crippen molar-refractivity contribution >= 4 is 16.7 Å². The summed E-state index contributed by atoms with van der Waals surface area (Å²) in [5.74, 6) is -1.75. The molecule has 0 amide bonds. The molecule has 5 heteroatoms. The summed E-state index contributed by atoms with van der Waals surface area (Å²) in [6.45, 7) is 2.00. The molecule has 1 aromatic carbocycles. The third kappa shape index (κ3) is 2.57. The lowest BCUT2D eigenvalue weighted by atomic mass is 9.92. The van der Waals surface area contributed by atoms with E-state index in [1.807, 2.05) is 25.1 Å². The summed E-state index contributed by atoms with van der Waals surface area (Å²) < 4.78 is 26.3. The van der Waals surface area contributed by atoms with E-state index in [9.17, 15) is 8.78 Å². The molecule has 0 radical (unpaired) electrons. The van der Waals surface area contributed by atoms with Crippen molar-refractivity contribution in [1.29, 1.82) is 0 Å². The number of hydrogen-bond acceptors (Lipinski definition) is 3. The monoisotopic (exact) mass is 277 g/mol. The zero-order valence-corrected chi connectivity index (χ0v) is 11.4. The Balaban J connectivity index is 1.83. The Hall–Kier alpha value is -1.78. The average molecular weight is 277 g/mol. The number of hydrogen-bond donors (Lipinski definition) is 1. The first-order valence-electron chi connectivity index (χ1n) is 6.90. The smallest absolute Gasteiger partial charge is 0.248 e. The van der Waals surface area contributed by atoms with Crippen LogP contribution in [0.1, 0.15) is 31.2 Å². The predicted molar refractivity (Wildman–Crippen MR) is 75.1 cm³/mol. The molecule has 1 saturated carbocycles. The Bertz CT molecular complexity index is 618. The molecule has 2 aromatic rings. The van der Waals surface area contributed by atoms with E-state index in [1.165, 1.54) is 6.33 Å².